The lowest BCUT2D eigenvalue weighted by Crippen LogP contribution is -2.30. The minimum absolute atomic E-state index is 0.0241. The molecular weight excluding hydrogens is 526 g/mol. The molecule has 3 aromatic heterocycles. The molecule has 3 amide bonds. The van der Waals surface area contributed by atoms with Crippen LogP contribution in [0.15, 0.2) is 43.1 Å². The summed E-state index contributed by atoms with van der Waals surface area (Å²) in [5.41, 5.74) is 1.78. The highest BCUT2D eigenvalue weighted by atomic mass is 35.5. The van der Waals surface area contributed by atoms with Crippen molar-refractivity contribution in [3.8, 4) is 0 Å². The Balaban J connectivity index is 1.48. The van der Waals surface area contributed by atoms with Crippen molar-refractivity contribution in [2.45, 2.75) is 32.9 Å². The second-order valence-corrected chi connectivity index (χ2v) is 9.30. The third-order valence-corrected chi connectivity index (χ3v) is 5.12. The minimum Gasteiger partial charge on any atom is -0.444 e. The zero-order valence-electron chi connectivity index (χ0n) is 20.3. The molecule has 38 heavy (non-hydrogen) atoms. The Kier molecular flexibility index (Phi) is 7.26. The van der Waals surface area contributed by atoms with Crippen molar-refractivity contribution in [1.29, 1.82) is 0 Å². The van der Waals surface area contributed by atoms with E-state index in [1.807, 2.05) is 0 Å². The van der Waals surface area contributed by atoms with Gasteiger partial charge in [0, 0.05) is 12.3 Å². The highest BCUT2D eigenvalue weighted by Gasteiger charge is 2.21. The number of imidazole rings is 1. The first-order chi connectivity index (χ1) is 17.9. The standard InChI is InChI=1S/C23H21ClF2N8O4/c1-23(2,3)38-22(37)31-19-17-20(28-10-27-19)33(11-29-17)9-16(35)32-34-7-6-13(24)18(34)21(36)30-15-5-4-12(25)8-14(15)26/h4-8,10-11H,9H2,1-3H3,(H,30,36)(H,32,35)(H,27,28,31,37). The van der Waals surface area contributed by atoms with Crippen LogP contribution in [-0.2, 0) is 16.1 Å². The quantitative estimate of drug-likeness (QED) is 0.332. The smallest absolute Gasteiger partial charge is 0.413 e. The van der Waals surface area contributed by atoms with Gasteiger partial charge in [0.2, 0.25) is 0 Å². The van der Waals surface area contributed by atoms with E-state index in [-0.39, 0.29) is 39.9 Å². The fourth-order valence-corrected chi connectivity index (χ4v) is 3.54. The average Bonchev–Trinajstić information content (AvgIpc) is 3.38. The SMILES string of the molecule is CC(C)(C)OC(=O)Nc1ncnc2c1ncn2CC(=O)Nn1ccc(Cl)c1C(=O)Nc1ccc(F)cc1F. The Morgan fingerprint density at radius 2 is 1.84 bits per heavy atom. The Hall–Kier alpha value is -4.59. The number of nitrogens with zero attached hydrogens (tertiary/aromatic N) is 5. The summed E-state index contributed by atoms with van der Waals surface area (Å²) >= 11 is 6.11. The van der Waals surface area contributed by atoms with Gasteiger partial charge in [-0.05, 0) is 39.0 Å². The van der Waals surface area contributed by atoms with Gasteiger partial charge in [-0.15, -0.1) is 0 Å². The Bertz CT molecular complexity index is 1550. The van der Waals surface area contributed by atoms with Gasteiger partial charge in [0.05, 0.1) is 17.0 Å². The van der Waals surface area contributed by atoms with Crippen molar-refractivity contribution in [1.82, 2.24) is 24.2 Å². The molecule has 1 aromatic carbocycles. The van der Waals surface area contributed by atoms with Gasteiger partial charge in [0.25, 0.3) is 11.8 Å². The zero-order valence-corrected chi connectivity index (χ0v) is 21.0. The molecular formula is C23H21ClF2N8O4. The third kappa shape index (κ3) is 6.03. The number of hydrogen-bond donors (Lipinski definition) is 3. The van der Waals surface area contributed by atoms with E-state index in [0.29, 0.717) is 6.07 Å². The van der Waals surface area contributed by atoms with Crippen LogP contribution in [0.25, 0.3) is 11.2 Å². The number of amides is 3. The molecule has 4 rings (SSSR count). The summed E-state index contributed by atoms with van der Waals surface area (Å²) < 4.78 is 34.8. The molecule has 0 aliphatic carbocycles. The van der Waals surface area contributed by atoms with Crippen LogP contribution in [0.2, 0.25) is 5.02 Å². The molecule has 0 bridgehead atoms. The van der Waals surface area contributed by atoms with Crippen molar-refractivity contribution in [2.24, 2.45) is 0 Å². The van der Waals surface area contributed by atoms with Gasteiger partial charge in [-0.1, -0.05) is 11.6 Å². The van der Waals surface area contributed by atoms with Crippen molar-refractivity contribution in [3.05, 3.63) is 65.5 Å². The first-order valence-electron chi connectivity index (χ1n) is 11.0. The summed E-state index contributed by atoms with van der Waals surface area (Å²) in [6, 6.07) is 4.01. The lowest BCUT2D eigenvalue weighted by atomic mass is 10.2. The number of fused-ring (bicyclic) bond motifs is 1. The van der Waals surface area contributed by atoms with Crippen LogP contribution in [0.1, 0.15) is 31.3 Å². The molecule has 3 N–H and O–H groups in total. The van der Waals surface area contributed by atoms with Crippen LogP contribution < -0.4 is 16.1 Å². The maximum Gasteiger partial charge on any atom is 0.413 e. The van der Waals surface area contributed by atoms with Crippen molar-refractivity contribution < 1.29 is 27.9 Å². The van der Waals surface area contributed by atoms with Crippen molar-refractivity contribution in [3.63, 3.8) is 0 Å². The van der Waals surface area contributed by atoms with E-state index < -0.39 is 35.1 Å². The van der Waals surface area contributed by atoms with Crippen LogP contribution in [0.5, 0.6) is 0 Å². The summed E-state index contributed by atoms with van der Waals surface area (Å²) in [4.78, 5) is 49.9. The molecule has 0 atom stereocenters. The zero-order chi connectivity index (χ0) is 27.6. The van der Waals surface area contributed by atoms with Gasteiger partial charge in [0.1, 0.15) is 35.8 Å². The molecule has 0 spiro atoms. The Morgan fingerprint density at radius 1 is 1.08 bits per heavy atom. The van der Waals surface area contributed by atoms with Crippen LogP contribution in [0.3, 0.4) is 0 Å². The Labute approximate surface area is 218 Å². The number of benzene rings is 1. The van der Waals surface area contributed by atoms with E-state index in [4.69, 9.17) is 16.3 Å². The summed E-state index contributed by atoms with van der Waals surface area (Å²) in [7, 11) is 0. The van der Waals surface area contributed by atoms with Gasteiger partial charge < -0.3 is 14.6 Å². The largest absolute Gasteiger partial charge is 0.444 e. The number of ether oxygens (including phenoxy) is 1. The average molecular weight is 547 g/mol. The number of rotatable bonds is 6. The number of anilines is 2. The highest BCUT2D eigenvalue weighted by molar-refractivity contribution is 6.34. The molecule has 0 saturated heterocycles. The minimum atomic E-state index is -0.980. The monoisotopic (exact) mass is 546 g/mol. The predicted octanol–water partition coefficient (Wildman–Crippen LogP) is 3.93. The lowest BCUT2D eigenvalue weighted by Gasteiger charge is -2.19. The van der Waals surface area contributed by atoms with E-state index in [0.717, 1.165) is 16.8 Å². The summed E-state index contributed by atoms with van der Waals surface area (Å²) in [5, 5.41) is 4.76. The van der Waals surface area contributed by atoms with Crippen LogP contribution in [0.4, 0.5) is 25.1 Å². The number of nitrogens with one attached hydrogen (secondary N) is 3. The number of hydrogen-bond acceptors (Lipinski definition) is 7. The molecule has 0 radical (unpaired) electrons. The normalized spacial score (nSPS) is 11.3. The molecule has 0 unspecified atom stereocenters. The molecule has 15 heteroatoms. The molecule has 0 aliphatic heterocycles. The van der Waals surface area contributed by atoms with Crippen molar-refractivity contribution >= 4 is 52.2 Å². The van der Waals surface area contributed by atoms with E-state index >= 15 is 0 Å². The van der Waals surface area contributed by atoms with E-state index in [9.17, 15) is 23.2 Å². The van der Waals surface area contributed by atoms with Crippen LogP contribution in [-0.4, -0.2) is 47.7 Å². The van der Waals surface area contributed by atoms with Crippen molar-refractivity contribution in [2.75, 3.05) is 16.1 Å². The fourth-order valence-electron chi connectivity index (χ4n) is 3.30. The molecule has 4 aromatic rings. The van der Waals surface area contributed by atoms with Crippen LogP contribution >= 0.6 is 11.6 Å². The number of halogens is 3. The molecule has 0 aliphatic rings. The van der Waals surface area contributed by atoms with E-state index in [1.165, 1.54) is 29.5 Å². The summed E-state index contributed by atoms with van der Waals surface area (Å²) in [6.07, 6.45) is 3.11. The maximum absolute atomic E-state index is 14.0. The second-order valence-electron chi connectivity index (χ2n) is 8.89. The summed E-state index contributed by atoms with van der Waals surface area (Å²) in [6.45, 7) is 4.85. The van der Waals surface area contributed by atoms with Gasteiger partial charge in [-0.25, -0.2) is 28.5 Å². The highest BCUT2D eigenvalue weighted by Crippen LogP contribution is 2.21. The number of carbonyl (C=O) groups excluding carboxylic acids is 3. The fraction of sp³-hybridized carbons (Fsp3) is 0.217. The number of aromatic nitrogens is 5. The van der Waals surface area contributed by atoms with E-state index in [2.05, 4.69) is 31.0 Å². The molecule has 198 valence electrons. The maximum atomic E-state index is 14.0. The molecule has 0 saturated carbocycles. The first-order valence-corrected chi connectivity index (χ1v) is 11.4. The topological polar surface area (TPSA) is 145 Å². The third-order valence-electron chi connectivity index (χ3n) is 4.81. The molecule has 0 fully saturated rings. The second kappa shape index (κ2) is 10.4. The first kappa shape index (κ1) is 26.5. The Morgan fingerprint density at radius 3 is 2.55 bits per heavy atom. The lowest BCUT2D eigenvalue weighted by molar-refractivity contribution is -0.117. The van der Waals surface area contributed by atoms with Gasteiger partial charge in [0.15, 0.2) is 17.0 Å². The number of carbonyl (C=O) groups is 3. The van der Waals surface area contributed by atoms with Gasteiger partial charge >= 0.3 is 6.09 Å². The summed E-state index contributed by atoms with van der Waals surface area (Å²) in [5.74, 6) is -3.14. The van der Waals surface area contributed by atoms with Crippen LogP contribution in [0, 0.1) is 11.6 Å². The predicted molar refractivity (Wildman–Crippen MR) is 133 cm³/mol. The van der Waals surface area contributed by atoms with Gasteiger partial charge in [-0.3, -0.25) is 25.0 Å². The van der Waals surface area contributed by atoms with E-state index in [1.54, 1.807) is 20.8 Å². The van der Waals surface area contributed by atoms with Gasteiger partial charge in [-0.2, -0.15) is 0 Å². The molecule has 12 nitrogen and oxygen atoms in total. The molecule has 3 heterocycles.